The molecule has 2 rings (SSSR count). The average molecular weight is 331 g/mol. The molecule has 0 bridgehead atoms. The van der Waals surface area contributed by atoms with E-state index in [-0.39, 0.29) is 24.4 Å². The Morgan fingerprint density at radius 1 is 1.38 bits per heavy atom. The first-order chi connectivity index (χ1) is 9.38. The Balaban J connectivity index is 0.00000220. The summed E-state index contributed by atoms with van der Waals surface area (Å²) >= 11 is 6.01. The number of piperidine rings is 1. The summed E-state index contributed by atoms with van der Waals surface area (Å²) in [4.78, 5) is 14.6. The molecule has 5 heteroatoms. The van der Waals surface area contributed by atoms with Crippen LogP contribution in [-0.2, 0) is 11.2 Å². The standard InChI is InChI=1S/C16H23ClN2O.ClH/c1-16(2,11-12-4-3-5-13(17)10-12)15(20)19-8-6-14(18)7-9-19;/h3-5,10,14H,6-9,11,18H2,1-2H3;1H. The zero-order chi connectivity index (χ0) is 14.8. The largest absolute Gasteiger partial charge is 0.342 e. The van der Waals surface area contributed by atoms with Gasteiger partial charge in [0.05, 0.1) is 0 Å². The van der Waals surface area contributed by atoms with Gasteiger partial charge in [-0.05, 0) is 37.0 Å². The summed E-state index contributed by atoms with van der Waals surface area (Å²) in [6.07, 6.45) is 2.51. The highest BCUT2D eigenvalue weighted by Crippen LogP contribution is 2.27. The first-order valence-corrected chi connectivity index (χ1v) is 7.56. The second-order valence-electron chi connectivity index (χ2n) is 6.32. The van der Waals surface area contributed by atoms with E-state index in [1.54, 1.807) is 0 Å². The van der Waals surface area contributed by atoms with E-state index in [1.807, 2.05) is 43.0 Å². The second kappa shape index (κ2) is 7.48. The topological polar surface area (TPSA) is 46.3 Å². The highest BCUT2D eigenvalue weighted by atomic mass is 35.5. The Hall–Kier alpha value is -0.770. The van der Waals surface area contributed by atoms with E-state index in [9.17, 15) is 4.79 Å². The van der Waals surface area contributed by atoms with Gasteiger partial charge in [0, 0.05) is 29.6 Å². The zero-order valence-corrected chi connectivity index (χ0v) is 14.2. The molecule has 1 aromatic rings. The molecule has 0 unspecified atom stereocenters. The summed E-state index contributed by atoms with van der Waals surface area (Å²) in [5.74, 6) is 0.212. The Labute approximate surface area is 138 Å². The number of rotatable bonds is 3. The fourth-order valence-corrected chi connectivity index (χ4v) is 2.98. The predicted molar refractivity (Wildman–Crippen MR) is 90.0 cm³/mol. The number of hydrogen-bond donors (Lipinski definition) is 1. The van der Waals surface area contributed by atoms with Crippen LogP contribution in [0.1, 0.15) is 32.3 Å². The Morgan fingerprint density at radius 3 is 2.57 bits per heavy atom. The minimum absolute atomic E-state index is 0. The third kappa shape index (κ3) is 4.87. The van der Waals surface area contributed by atoms with Crippen molar-refractivity contribution in [2.24, 2.45) is 11.1 Å². The Morgan fingerprint density at radius 2 is 2.00 bits per heavy atom. The fourth-order valence-electron chi connectivity index (χ4n) is 2.76. The number of nitrogens with two attached hydrogens (primary N) is 1. The van der Waals surface area contributed by atoms with Gasteiger partial charge >= 0.3 is 0 Å². The number of hydrogen-bond acceptors (Lipinski definition) is 2. The maximum Gasteiger partial charge on any atom is 0.228 e. The lowest BCUT2D eigenvalue weighted by atomic mass is 9.83. The first kappa shape index (κ1) is 18.3. The molecule has 1 amide bonds. The summed E-state index contributed by atoms with van der Waals surface area (Å²) < 4.78 is 0. The van der Waals surface area contributed by atoms with Gasteiger partial charge in [-0.2, -0.15) is 0 Å². The molecule has 0 saturated carbocycles. The highest BCUT2D eigenvalue weighted by molar-refractivity contribution is 6.30. The van der Waals surface area contributed by atoms with Crippen LogP contribution in [0, 0.1) is 5.41 Å². The number of nitrogens with zero attached hydrogens (tertiary/aromatic N) is 1. The number of likely N-dealkylation sites (tertiary alicyclic amines) is 1. The molecule has 1 saturated heterocycles. The second-order valence-corrected chi connectivity index (χ2v) is 6.76. The van der Waals surface area contributed by atoms with Crippen molar-refractivity contribution < 1.29 is 4.79 Å². The molecule has 0 radical (unpaired) electrons. The lowest BCUT2D eigenvalue weighted by Crippen LogP contribution is -2.48. The van der Waals surface area contributed by atoms with Gasteiger partial charge in [0.1, 0.15) is 0 Å². The van der Waals surface area contributed by atoms with E-state index in [2.05, 4.69) is 0 Å². The van der Waals surface area contributed by atoms with E-state index in [4.69, 9.17) is 17.3 Å². The molecule has 1 aliphatic heterocycles. The van der Waals surface area contributed by atoms with Crippen molar-refractivity contribution >= 4 is 29.9 Å². The Bertz CT molecular complexity index is 483. The molecule has 2 N–H and O–H groups in total. The molecular formula is C16H24Cl2N2O. The third-order valence-electron chi connectivity index (χ3n) is 3.94. The van der Waals surface area contributed by atoms with Crippen molar-refractivity contribution in [2.45, 2.75) is 39.2 Å². The van der Waals surface area contributed by atoms with Crippen LogP contribution in [0.15, 0.2) is 24.3 Å². The van der Waals surface area contributed by atoms with Crippen LogP contribution in [0.4, 0.5) is 0 Å². The van der Waals surface area contributed by atoms with Crippen LogP contribution in [0.3, 0.4) is 0 Å². The van der Waals surface area contributed by atoms with E-state index >= 15 is 0 Å². The molecule has 0 aromatic heterocycles. The van der Waals surface area contributed by atoms with Gasteiger partial charge in [-0.25, -0.2) is 0 Å². The lowest BCUT2D eigenvalue weighted by molar-refractivity contribution is -0.141. The lowest BCUT2D eigenvalue weighted by Gasteiger charge is -2.36. The molecule has 1 heterocycles. The monoisotopic (exact) mass is 330 g/mol. The van der Waals surface area contributed by atoms with E-state index in [0.717, 1.165) is 36.5 Å². The summed E-state index contributed by atoms with van der Waals surface area (Å²) in [5.41, 5.74) is 6.58. The first-order valence-electron chi connectivity index (χ1n) is 7.18. The van der Waals surface area contributed by atoms with Crippen molar-refractivity contribution in [2.75, 3.05) is 13.1 Å². The van der Waals surface area contributed by atoms with Crippen LogP contribution >= 0.6 is 24.0 Å². The smallest absolute Gasteiger partial charge is 0.228 e. The molecule has 21 heavy (non-hydrogen) atoms. The predicted octanol–water partition coefficient (Wildman–Crippen LogP) is 3.28. The molecule has 0 spiro atoms. The number of halogens is 2. The molecular weight excluding hydrogens is 307 g/mol. The van der Waals surface area contributed by atoms with Crippen LogP contribution in [0.5, 0.6) is 0 Å². The SMILES string of the molecule is CC(C)(Cc1cccc(Cl)c1)C(=O)N1CCC(N)CC1.Cl. The number of carbonyl (C=O) groups is 1. The minimum atomic E-state index is -0.411. The molecule has 118 valence electrons. The van der Waals surface area contributed by atoms with E-state index in [0.29, 0.717) is 6.42 Å². The van der Waals surface area contributed by atoms with Crippen LogP contribution in [0.2, 0.25) is 5.02 Å². The third-order valence-corrected chi connectivity index (χ3v) is 4.18. The average Bonchev–Trinajstić information content (AvgIpc) is 2.38. The van der Waals surface area contributed by atoms with Crippen molar-refractivity contribution in [3.8, 4) is 0 Å². The van der Waals surface area contributed by atoms with Crippen molar-refractivity contribution in [3.05, 3.63) is 34.9 Å². The van der Waals surface area contributed by atoms with Gasteiger partial charge in [-0.3, -0.25) is 4.79 Å². The number of benzene rings is 1. The van der Waals surface area contributed by atoms with Gasteiger partial charge in [-0.1, -0.05) is 37.6 Å². The van der Waals surface area contributed by atoms with Crippen LogP contribution in [-0.4, -0.2) is 29.9 Å². The van der Waals surface area contributed by atoms with E-state index in [1.165, 1.54) is 0 Å². The normalized spacial score (nSPS) is 16.5. The quantitative estimate of drug-likeness (QED) is 0.924. The molecule has 0 aliphatic carbocycles. The fraction of sp³-hybridized carbons (Fsp3) is 0.562. The molecule has 0 atom stereocenters. The minimum Gasteiger partial charge on any atom is -0.342 e. The van der Waals surface area contributed by atoms with Gasteiger partial charge in [0.25, 0.3) is 0 Å². The van der Waals surface area contributed by atoms with Crippen molar-refractivity contribution in [1.82, 2.24) is 4.90 Å². The van der Waals surface area contributed by atoms with Gasteiger partial charge in [0.15, 0.2) is 0 Å². The van der Waals surface area contributed by atoms with Gasteiger partial charge < -0.3 is 10.6 Å². The van der Waals surface area contributed by atoms with Crippen molar-refractivity contribution in [1.29, 1.82) is 0 Å². The maximum atomic E-state index is 12.7. The van der Waals surface area contributed by atoms with Crippen LogP contribution < -0.4 is 5.73 Å². The molecule has 3 nitrogen and oxygen atoms in total. The van der Waals surface area contributed by atoms with Crippen molar-refractivity contribution in [3.63, 3.8) is 0 Å². The molecule has 1 aliphatic rings. The highest BCUT2D eigenvalue weighted by Gasteiger charge is 2.33. The number of amides is 1. The van der Waals surface area contributed by atoms with Gasteiger partial charge in [-0.15, -0.1) is 12.4 Å². The summed E-state index contributed by atoms with van der Waals surface area (Å²) in [6, 6.07) is 7.98. The van der Waals surface area contributed by atoms with Crippen LogP contribution in [0.25, 0.3) is 0 Å². The van der Waals surface area contributed by atoms with E-state index < -0.39 is 5.41 Å². The molecule has 1 fully saturated rings. The summed E-state index contributed by atoms with van der Waals surface area (Å²) in [6.45, 7) is 5.56. The Kier molecular flexibility index (Phi) is 6.51. The molecule has 1 aromatic carbocycles. The maximum absolute atomic E-state index is 12.7. The zero-order valence-electron chi connectivity index (χ0n) is 12.6. The number of carbonyl (C=O) groups excluding carboxylic acids is 1. The summed E-state index contributed by atoms with van der Waals surface area (Å²) in [5, 5.41) is 0.717. The summed E-state index contributed by atoms with van der Waals surface area (Å²) in [7, 11) is 0. The van der Waals surface area contributed by atoms with Gasteiger partial charge in [0.2, 0.25) is 5.91 Å².